The van der Waals surface area contributed by atoms with E-state index < -0.39 is 0 Å². The Hall–Kier alpha value is -2.11. The topological polar surface area (TPSA) is 73.0 Å². The molecule has 6 nitrogen and oxygen atoms in total. The van der Waals surface area contributed by atoms with Crippen LogP contribution in [0.1, 0.15) is 36.1 Å². The molecule has 0 aliphatic carbocycles. The lowest BCUT2D eigenvalue weighted by molar-refractivity contribution is 0.101. The first-order valence-corrected chi connectivity index (χ1v) is 5.36. The molecule has 0 aliphatic rings. The van der Waals surface area contributed by atoms with E-state index in [-0.39, 0.29) is 17.6 Å². The zero-order valence-corrected chi connectivity index (χ0v) is 9.97. The maximum atomic E-state index is 11.8. The predicted molar refractivity (Wildman–Crippen MR) is 61.8 cm³/mol. The normalized spacial score (nSPS) is 10.8. The highest BCUT2D eigenvalue weighted by molar-refractivity contribution is 6.02. The van der Waals surface area contributed by atoms with Gasteiger partial charge in [-0.3, -0.25) is 4.79 Å². The van der Waals surface area contributed by atoms with E-state index in [1.807, 2.05) is 13.8 Å². The zero-order valence-electron chi connectivity index (χ0n) is 9.97. The van der Waals surface area contributed by atoms with Crippen LogP contribution in [0, 0.1) is 6.92 Å². The molecule has 0 unspecified atom stereocenters. The molecule has 6 heteroatoms. The largest absolute Gasteiger partial charge is 0.361 e. The summed E-state index contributed by atoms with van der Waals surface area (Å²) in [5.74, 6) is 0.947. The maximum Gasteiger partial charge on any atom is 0.278 e. The lowest BCUT2D eigenvalue weighted by Gasteiger charge is -2.10. The number of rotatable bonds is 3. The van der Waals surface area contributed by atoms with Crippen LogP contribution in [-0.4, -0.2) is 20.8 Å². The van der Waals surface area contributed by atoms with Gasteiger partial charge in [0.1, 0.15) is 11.6 Å². The highest BCUT2D eigenvalue weighted by Crippen LogP contribution is 2.14. The van der Waals surface area contributed by atoms with Crippen LogP contribution in [0.5, 0.6) is 0 Å². The summed E-state index contributed by atoms with van der Waals surface area (Å²) >= 11 is 0. The molecule has 1 amide bonds. The molecule has 0 atom stereocenters. The highest BCUT2D eigenvalue weighted by atomic mass is 16.5. The van der Waals surface area contributed by atoms with Crippen LogP contribution in [0.4, 0.5) is 5.82 Å². The Kier molecular flexibility index (Phi) is 2.95. The quantitative estimate of drug-likeness (QED) is 0.881. The van der Waals surface area contributed by atoms with E-state index in [9.17, 15) is 4.79 Å². The van der Waals surface area contributed by atoms with Crippen molar-refractivity contribution < 1.29 is 9.32 Å². The van der Waals surface area contributed by atoms with Crippen molar-refractivity contribution in [3.8, 4) is 0 Å². The minimum atomic E-state index is -0.302. The zero-order chi connectivity index (χ0) is 12.4. The van der Waals surface area contributed by atoms with Crippen LogP contribution in [-0.2, 0) is 0 Å². The summed E-state index contributed by atoms with van der Waals surface area (Å²) in [6.07, 6.45) is 1.64. The van der Waals surface area contributed by atoms with Crippen LogP contribution in [0.25, 0.3) is 0 Å². The average Bonchev–Trinajstić information content (AvgIpc) is 2.86. The fourth-order valence-electron chi connectivity index (χ4n) is 1.48. The third-order valence-electron chi connectivity index (χ3n) is 2.26. The van der Waals surface area contributed by atoms with E-state index >= 15 is 0 Å². The molecule has 0 fully saturated rings. The van der Waals surface area contributed by atoms with Gasteiger partial charge in [0.2, 0.25) is 0 Å². The van der Waals surface area contributed by atoms with Gasteiger partial charge in [-0.1, -0.05) is 5.16 Å². The van der Waals surface area contributed by atoms with E-state index in [1.54, 1.807) is 29.9 Å². The molecular formula is C11H14N4O2. The van der Waals surface area contributed by atoms with Crippen LogP contribution in [0.2, 0.25) is 0 Å². The maximum absolute atomic E-state index is 11.8. The lowest BCUT2D eigenvalue weighted by Crippen LogP contribution is -2.16. The van der Waals surface area contributed by atoms with Gasteiger partial charge >= 0.3 is 0 Å². The first-order chi connectivity index (χ1) is 8.08. The number of amides is 1. The second-order valence-electron chi connectivity index (χ2n) is 4.03. The molecule has 2 rings (SSSR count). The Bertz CT molecular complexity index is 527. The average molecular weight is 234 g/mol. The molecule has 0 saturated carbocycles. The lowest BCUT2D eigenvalue weighted by atomic mass is 10.3. The number of hydrogen-bond acceptors (Lipinski definition) is 4. The smallest absolute Gasteiger partial charge is 0.278 e. The van der Waals surface area contributed by atoms with E-state index in [1.165, 1.54) is 0 Å². The van der Waals surface area contributed by atoms with E-state index in [0.717, 1.165) is 0 Å². The second kappa shape index (κ2) is 4.40. The standard InChI is InChI=1S/C11H14N4O2/c1-7(2)15-10(4-5-12-15)13-11(16)9-6-8(3)17-14-9/h4-7H,1-3H3,(H,13,16). The van der Waals surface area contributed by atoms with Gasteiger partial charge in [0.05, 0.1) is 6.20 Å². The predicted octanol–water partition coefficient (Wildman–Crippen LogP) is 2.01. The second-order valence-corrected chi connectivity index (χ2v) is 4.03. The number of hydrogen-bond donors (Lipinski definition) is 1. The summed E-state index contributed by atoms with van der Waals surface area (Å²) in [7, 11) is 0. The summed E-state index contributed by atoms with van der Waals surface area (Å²) in [5.41, 5.74) is 0.263. The van der Waals surface area contributed by atoms with Gasteiger partial charge in [0.25, 0.3) is 5.91 Å². The number of carbonyl (C=O) groups is 1. The Morgan fingerprint density at radius 3 is 2.88 bits per heavy atom. The summed E-state index contributed by atoms with van der Waals surface area (Å²) in [6.45, 7) is 5.72. The van der Waals surface area contributed by atoms with Crippen LogP contribution >= 0.6 is 0 Å². The third-order valence-corrected chi connectivity index (χ3v) is 2.26. The van der Waals surface area contributed by atoms with Gasteiger partial charge in [-0.05, 0) is 20.8 Å². The fourth-order valence-corrected chi connectivity index (χ4v) is 1.48. The summed E-state index contributed by atoms with van der Waals surface area (Å²) in [6, 6.07) is 3.51. The fraction of sp³-hybridized carbons (Fsp3) is 0.364. The number of carbonyl (C=O) groups excluding carboxylic acids is 1. The first-order valence-electron chi connectivity index (χ1n) is 5.36. The molecule has 90 valence electrons. The van der Waals surface area contributed by atoms with Crippen LogP contribution in [0.3, 0.4) is 0 Å². The molecule has 0 aliphatic heterocycles. The van der Waals surface area contributed by atoms with Gasteiger partial charge in [-0.15, -0.1) is 0 Å². The minimum Gasteiger partial charge on any atom is -0.361 e. The number of anilines is 1. The molecular weight excluding hydrogens is 220 g/mol. The molecule has 2 heterocycles. The molecule has 2 aromatic heterocycles. The molecule has 1 N–H and O–H groups in total. The SMILES string of the molecule is Cc1cc(C(=O)Nc2ccnn2C(C)C)no1. The number of aromatic nitrogens is 3. The van der Waals surface area contributed by atoms with Gasteiger partial charge in [0, 0.05) is 18.2 Å². The molecule has 0 aromatic carbocycles. The van der Waals surface area contributed by atoms with Gasteiger partial charge < -0.3 is 9.84 Å². The molecule has 0 saturated heterocycles. The van der Waals surface area contributed by atoms with Crippen molar-refractivity contribution >= 4 is 11.7 Å². The van der Waals surface area contributed by atoms with Crippen molar-refractivity contribution in [2.45, 2.75) is 26.8 Å². The van der Waals surface area contributed by atoms with Crippen LogP contribution < -0.4 is 5.32 Å². The molecule has 2 aromatic rings. The molecule has 0 spiro atoms. The van der Waals surface area contributed by atoms with E-state index in [4.69, 9.17) is 4.52 Å². The van der Waals surface area contributed by atoms with Gasteiger partial charge in [-0.25, -0.2) is 4.68 Å². The molecule has 0 radical (unpaired) electrons. The van der Waals surface area contributed by atoms with Crippen molar-refractivity contribution in [3.05, 3.63) is 29.8 Å². The minimum absolute atomic E-state index is 0.180. The van der Waals surface area contributed by atoms with Crippen molar-refractivity contribution in [3.63, 3.8) is 0 Å². The highest BCUT2D eigenvalue weighted by Gasteiger charge is 2.14. The van der Waals surface area contributed by atoms with Gasteiger partial charge in [-0.2, -0.15) is 5.10 Å². The molecule has 0 bridgehead atoms. The number of nitrogens with zero attached hydrogens (tertiary/aromatic N) is 3. The first kappa shape index (κ1) is 11.4. The Morgan fingerprint density at radius 2 is 2.29 bits per heavy atom. The summed E-state index contributed by atoms with van der Waals surface area (Å²) < 4.78 is 6.58. The van der Waals surface area contributed by atoms with Crippen LogP contribution in [0.15, 0.2) is 22.9 Å². The number of aryl methyl sites for hydroxylation is 1. The Balaban J connectivity index is 2.16. The summed E-state index contributed by atoms with van der Waals surface area (Å²) in [4.78, 5) is 11.8. The van der Waals surface area contributed by atoms with Gasteiger partial charge in [0.15, 0.2) is 5.69 Å². The van der Waals surface area contributed by atoms with E-state index in [2.05, 4.69) is 15.6 Å². The van der Waals surface area contributed by atoms with E-state index in [0.29, 0.717) is 11.6 Å². The number of nitrogens with one attached hydrogen (secondary N) is 1. The monoisotopic (exact) mass is 234 g/mol. The Morgan fingerprint density at radius 1 is 1.53 bits per heavy atom. The molecule has 17 heavy (non-hydrogen) atoms. The van der Waals surface area contributed by atoms with Crippen molar-refractivity contribution in [1.82, 2.24) is 14.9 Å². The van der Waals surface area contributed by atoms with Crippen molar-refractivity contribution in [1.29, 1.82) is 0 Å². The van der Waals surface area contributed by atoms with Crippen molar-refractivity contribution in [2.75, 3.05) is 5.32 Å². The summed E-state index contributed by atoms with van der Waals surface area (Å²) in [5, 5.41) is 10.5. The Labute approximate surface area is 98.6 Å². The third kappa shape index (κ3) is 2.35. The van der Waals surface area contributed by atoms with Crippen molar-refractivity contribution in [2.24, 2.45) is 0 Å².